The highest BCUT2D eigenvalue weighted by Gasteiger charge is 2.45. The second-order valence-electron chi connectivity index (χ2n) is 14.5. The van der Waals surface area contributed by atoms with Crippen molar-refractivity contribution >= 4 is 39.0 Å². The molecule has 6 atom stereocenters. The molecule has 2 aliphatic carbocycles. The number of nitrogens with zero attached hydrogens (tertiary/aromatic N) is 1. The molecule has 10 heteroatoms. The monoisotopic (exact) mass is 684 g/mol. The van der Waals surface area contributed by atoms with Crippen LogP contribution in [0.2, 0.25) is 5.02 Å². The van der Waals surface area contributed by atoms with Gasteiger partial charge in [0, 0.05) is 55.1 Å². The molecule has 256 valence electrons. The lowest BCUT2D eigenvalue weighted by Crippen LogP contribution is -2.49. The minimum atomic E-state index is -3.93. The number of aryl methyl sites for hydroxylation is 1. The topological polar surface area (TPSA) is 102 Å². The number of sulfonamides is 1. The average Bonchev–Trinajstić information content (AvgIpc) is 3.18. The number of amides is 1. The molecule has 2 aliphatic heterocycles. The van der Waals surface area contributed by atoms with Gasteiger partial charge in [0.25, 0.3) is 5.91 Å². The summed E-state index contributed by atoms with van der Waals surface area (Å²) in [6.07, 6.45) is 8.40. The first-order valence-electron chi connectivity index (χ1n) is 17.4. The Balaban J connectivity index is 1.40. The number of fused-ring (bicyclic) bond motifs is 4. The standard InChI is InChI=1S/C37H49ClN2O6S/c1-24-7-4-9-31(34(41)10-6-18-45-3)30-14-11-28(30)21-40-22-37(17-5-8-26-19-29(38)13-15-32(26)37)23-46-35-16-12-27(20-33(35)40)36(42)39-47(43,44)25(24)2/h12-13,15-16,19-20,24-25,28,30-31H,4-11,14,17-18,21-23H2,1-3H3,(H,39,42)/t24-,25+,28-,30+,31+,37-/m0/s1. The number of hydrogen-bond acceptors (Lipinski definition) is 7. The highest BCUT2D eigenvalue weighted by Crippen LogP contribution is 2.48. The summed E-state index contributed by atoms with van der Waals surface area (Å²) in [5.41, 5.74) is 3.33. The molecule has 2 bridgehead atoms. The maximum Gasteiger partial charge on any atom is 0.264 e. The van der Waals surface area contributed by atoms with Crippen molar-refractivity contribution < 1.29 is 27.5 Å². The predicted octanol–water partition coefficient (Wildman–Crippen LogP) is 6.72. The molecule has 1 amide bonds. The quantitative estimate of drug-likeness (QED) is 0.349. The van der Waals surface area contributed by atoms with E-state index in [0.717, 1.165) is 62.2 Å². The van der Waals surface area contributed by atoms with Crippen LogP contribution in [-0.2, 0) is 31.4 Å². The van der Waals surface area contributed by atoms with Gasteiger partial charge in [0.2, 0.25) is 10.0 Å². The SMILES string of the molecule is COCCCC(=O)[C@@H]1CCC[C@H](C)[C@@H](C)S(=O)(=O)NC(=O)c2ccc3c(c2)N(C[C@@H]2CC[C@H]21)C[C@@]1(CCCc2cc(Cl)ccc21)CO3. The molecule has 2 aromatic carbocycles. The zero-order chi connectivity index (χ0) is 33.3. The Morgan fingerprint density at radius 2 is 1.94 bits per heavy atom. The van der Waals surface area contributed by atoms with E-state index < -0.39 is 21.2 Å². The van der Waals surface area contributed by atoms with Crippen LogP contribution < -0.4 is 14.4 Å². The molecule has 1 fully saturated rings. The number of ether oxygens (including phenoxy) is 2. The van der Waals surface area contributed by atoms with Gasteiger partial charge in [-0.15, -0.1) is 0 Å². The first kappa shape index (κ1) is 34.3. The van der Waals surface area contributed by atoms with Crippen molar-refractivity contribution in [1.82, 2.24) is 4.72 Å². The number of Topliss-reactive ketones (excluding diaryl/α,β-unsaturated/α-hetero) is 1. The first-order valence-corrected chi connectivity index (χ1v) is 19.3. The molecule has 2 aromatic rings. The summed E-state index contributed by atoms with van der Waals surface area (Å²) in [4.78, 5) is 29.6. The number of halogens is 1. The summed E-state index contributed by atoms with van der Waals surface area (Å²) in [5, 5.41) is -0.0245. The van der Waals surface area contributed by atoms with Crippen LogP contribution in [0.4, 0.5) is 5.69 Å². The minimum Gasteiger partial charge on any atom is -0.490 e. The van der Waals surface area contributed by atoms with Crippen LogP contribution in [0.3, 0.4) is 0 Å². The van der Waals surface area contributed by atoms with Gasteiger partial charge in [-0.25, -0.2) is 13.1 Å². The van der Waals surface area contributed by atoms with Gasteiger partial charge < -0.3 is 14.4 Å². The fraction of sp³-hybridized carbons (Fsp3) is 0.622. The number of carbonyl (C=O) groups excluding carboxylic acids is 2. The van der Waals surface area contributed by atoms with E-state index in [1.807, 2.05) is 19.1 Å². The van der Waals surface area contributed by atoms with E-state index in [-0.39, 0.29) is 28.7 Å². The number of ketones is 1. The molecule has 0 aromatic heterocycles. The molecule has 0 radical (unpaired) electrons. The summed E-state index contributed by atoms with van der Waals surface area (Å²) in [5.74, 6) is 0.724. The van der Waals surface area contributed by atoms with E-state index in [1.165, 1.54) is 11.1 Å². The molecule has 0 saturated heterocycles. The van der Waals surface area contributed by atoms with E-state index in [0.29, 0.717) is 56.5 Å². The van der Waals surface area contributed by atoms with Crippen LogP contribution in [-0.4, -0.2) is 58.8 Å². The number of benzene rings is 2. The third kappa shape index (κ3) is 7.09. The Kier molecular flexibility index (Phi) is 10.3. The van der Waals surface area contributed by atoms with Crippen molar-refractivity contribution in [2.75, 3.05) is 38.3 Å². The van der Waals surface area contributed by atoms with Crippen molar-refractivity contribution in [3.05, 3.63) is 58.1 Å². The molecule has 0 unspecified atom stereocenters. The molecule has 6 rings (SSSR count). The van der Waals surface area contributed by atoms with Crippen LogP contribution in [0.1, 0.15) is 93.1 Å². The van der Waals surface area contributed by atoms with E-state index >= 15 is 0 Å². The Bertz CT molecular complexity index is 1600. The number of nitrogens with one attached hydrogen (secondary N) is 1. The molecular formula is C37H49ClN2O6S. The van der Waals surface area contributed by atoms with Crippen molar-refractivity contribution in [2.24, 2.45) is 23.7 Å². The zero-order valence-corrected chi connectivity index (χ0v) is 29.5. The smallest absolute Gasteiger partial charge is 0.264 e. The first-order chi connectivity index (χ1) is 22.5. The van der Waals surface area contributed by atoms with E-state index in [1.54, 1.807) is 26.2 Å². The Hall–Kier alpha value is -2.62. The molecule has 1 spiro atoms. The van der Waals surface area contributed by atoms with Gasteiger partial charge in [-0.1, -0.05) is 31.0 Å². The van der Waals surface area contributed by atoms with Crippen LogP contribution in [0.25, 0.3) is 0 Å². The number of anilines is 1. The molecule has 8 nitrogen and oxygen atoms in total. The number of rotatable bonds is 5. The second kappa shape index (κ2) is 14.1. The van der Waals surface area contributed by atoms with Crippen molar-refractivity contribution in [3.63, 3.8) is 0 Å². The van der Waals surface area contributed by atoms with Crippen molar-refractivity contribution in [3.8, 4) is 5.75 Å². The lowest BCUT2D eigenvalue weighted by Gasteiger charge is -2.46. The summed E-state index contributed by atoms with van der Waals surface area (Å²) < 4.78 is 41.0. The number of hydrogen-bond donors (Lipinski definition) is 1. The second-order valence-corrected chi connectivity index (χ2v) is 17.0. The normalized spacial score (nSPS) is 30.6. The highest BCUT2D eigenvalue weighted by atomic mass is 35.5. The third-order valence-corrected chi connectivity index (χ3v) is 13.8. The number of methoxy groups -OCH3 is 1. The largest absolute Gasteiger partial charge is 0.490 e. The van der Waals surface area contributed by atoms with Crippen molar-refractivity contribution in [1.29, 1.82) is 0 Å². The number of carbonyl (C=O) groups is 2. The lowest BCUT2D eigenvalue weighted by atomic mass is 9.63. The van der Waals surface area contributed by atoms with Gasteiger partial charge in [-0.05, 0) is 118 Å². The predicted molar refractivity (Wildman–Crippen MR) is 185 cm³/mol. The molecule has 2 heterocycles. The van der Waals surface area contributed by atoms with Gasteiger partial charge in [0.15, 0.2) is 0 Å². The fourth-order valence-electron chi connectivity index (χ4n) is 8.56. The van der Waals surface area contributed by atoms with Gasteiger partial charge in [0.05, 0.1) is 17.5 Å². The maximum atomic E-state index is 13.8. The Labute approximate surface area is 285 Å². The molecular weight excluding hydrogens is 636 g/mol. The van der Waals surface area contributed by atoms with E-state index in [9.17, 15) is 18.0 Å². The van der Waals surface area contributed by atoms with Gasteiger partial charge in [-0.3, -0.25) is 9.59 Å². The van der Waals surface area contributed by atoms with E-state index in [2.05, 4.69) is 21.8 Å². The molecule has 4 aliphatic rings. The zero-order valence-electron chi connectivity index (χ0n) is 27.9. The Morgan fingerprint density at radius 3 is 2.70 bits per heavy atom. The maximum absolute atomic E-state index is 13.8. The minimum absolute atomic E-state index is 0.0575. The van der Waals surface area contributed by atoms with Crippen LogP contribution in [0.15, 0.2) is 36.4 Å². The lowest BCUT2D eigenvalue weighted by molar-refractivity contribution is -0.127. The summed E-state index contributed by atoms with van der Waals surface area (Å²) in [6.45, 7) is 6.08. The van der Waals surface area contributed by atoms with Crippen LogP contribution in [0.5, 0.6) is 5.75 Å². The van der Waals surface area contributed by atoms with Gasteiger partial charge in [-0.2, -0.15) is 0 Å². The van der Waals surface area contributed by atoms with Crippen molar-refractivity contribution in [2.45, 2.75) is 88.7 Å². The molecule has 1 N–H and O–H groups in total. The average molecular weight is 685 g/mol. The third-order valence-electron chi connectivity index (χ3n) is 11.6. The highest BCUT2D eigenvalue weighted by molar-refractivity contribution is 7.90. The summed E-state index contributed by atoms with van der Waals surface area (Å²) in [7, 11) is -2.26. The van der Waals surface area contributed by atoms with Crippen LogP contribution >= 0.6 is 11.6 Å². The van der Waals surface area contributed by atoms with Crippen LogP contribution in [0, 0.1) is 23.7 Å². The Morgan fingerprint density at radius 1 is 1.11 bits per heavy atom. The van der Waals surface area contributed by atoms with Gasteiger partial charge >= 0.3 is 0 Å². The molecule has 47 heavy (non-hydrogen) atoms. The fourth-order valence-corrected chi connectivity index (χ4v) is 10.1. The van der Waals surface area contributed by atoms with Gasteiger partial charge in [0.1, 0.15) is 11.5 Å². The molecule has 1 saturated carbocycles. The summed E-state index contributed by atoms with van der Waals surface area (Å²) in [6, 6.07) is 11.5. The summed E-state index contributed by atoms with van der Waals surface area (Å²) >= 11 is 6.44. The van der Waals surface area contributed by atoms with E-state index in [4.69, 9.17) is 21.1 Å².